The summed E-state index contributed by atoms with van der Waals surface area (Å²) in [5.41, 5.74) is 2.30. The molecule has 0 radical (unpaired) electrons. The minimum absolute atomic E-state index is 0.106. The first kappa shape index (κ1) is 20.8. The van der Waals surface area contributed by atoms with Crippen LogP contribution in [0.15, 0.2) is 65.7 Å². The summed E-state index contributed by atoms with van der Waals surface area (Å²) in [6, 6.07) is 16.5. The number of nitrogens with zero attached hydrogens (tertiary/aromatic N) is 2. The van der Waals surface area contributed by atoms with Crippen molar-refractivity contribution in [3.05, 3.63) is 60.8 Å². The minimum atomic E-state index is -0.483. The second-order valence-corrected chi connectivity index (χ2v) is 7.55. The molecule has 0 bridgehead atoms. The lowest BCUT2D eigenvalue weighted by Gasteiger charge is -2.23. The standard InChI is InChI=1S/C22H24N4O2S/c1-15(22(28)25-18-11-6-10-17-16(18)8-7-13-23-17)26(2)14-21(27)24-19-9-4-5-12-20(19)29-3/h4-13,15H,14H2,1-3H3,(H,24,27)(H,25,28). The highest BCUT2D eigenvalue weighted by atomic mass is 32.2. The van der Waals surface area contributed by atoms with Gasteiger partial charge in [0.05, 0.1) is 29.5 Å². The monoisotopic (exact) mass is 408 g/mol. The zero-order valence-electron chi connectivity index (χ0n) is 16.7. The normalized spacial score (nSPS) is 12.0. The van der Waals surface area contributed by atoms with Gasteiger partial charge in [-0.1, -0.05) is 18.2 Å². The predicted octanol–water partition coefficient (Wildman–Crippen LogP) is 3.85. The van der Waals surface area contributed by atoms with Crippen LogP contribution in [0.1, 0.15) is 6.92 Å². The van der Waals surface area contributed by atoms with Gasteiger partial charge in [0.25, 0.3) is 0 Å². The first-order valence-corrected chi connectivity index (χ1v) is 10.5. The molecular weight excluding hydrogens is 384 g/mol. The van der Waals surface area contributed by atoms with Crippen molar-refractivity contribution in [2.75, 3.05) is 30.5 Å². The number of carbonyl (C=O) groups excluding carboxylic acids is 2. The molecule has 29 heavy (non-hydrogen) atoms. The van der Waals surface area contributed by atoms with Crippen molar-refractivity contribution in [2.45, 2.75) is 17.9 Å². The van der Waals surface area contributed by atoms with Crippen LogP contribution >= 0.6 is 11.8 Å². The Morgan fingerprint density at radius 3 is 2.59 bits per heavy atom. The molecule has 0 aliphatic heterocycles. The van der Waals surface area contributed by atoms with E-state index in [1.807, 2.05) is 60.9 Å². The molecule has 2 N–H and O–H groups in total. The molecule has 1 heterocycles. The van der Waals surface area contributed by atoms with Crippen molar-refractivity contribution in [2.24, 2.45) is 0 Å². The zero-order chi connectivity index (χ0) is 20.8. The number of carbonyl (C=O) groups is 2. The van der Waals surface area contributed by atoms with Crippen molar-refractivity contribution >= 4 is 45.9 Å². The van der Waals surface area contributed by atoms with Gasteiger partial charge in [0, 0.05) is 16.5 Å². The Bertz CT molecular complexity index is 1020. The Labute approximate surface area is 174 Å². The SMILES string of the molecule is CSc1ccccc1NC(=O)CN(C)C(C)C(=O)Nc1cccc2ncccc12. The van der Waals surface area contributed by atoms with Gasteiger partial charge in [0.1, 0.15) is 0 Å². The molecule has 7 heteroatoms. The van der Waals surface area contributed by atoms with E-state index in [1.54, 1.807) is 36.8 Å². The second kappa shape index (κ2) is 9.54. The van der Waals surface area contributed by atoms with Crippen LogP contribution in [0, 0.1) is 0 Å². The van der Waals surface area contributed by atoms with E-state index in [0.717, 1.165) is 21.5 Å². The smallest absolute Gasteiger partial charge is 0.241 e. The van der Waals surface area contributed by atoms with Gasteiger partial charge in [0.15, 0.2) is 0 Å². The number of pyridine rings is 1. The molecular formula is C22H24N4O2S. The van der Waals surface area contributed by atoms with Gasteiger partial charge in [-0.15, -0.1) is 11.8 Å². The Kier molecular flexibility index (Phi) is 6.85. The number of aromatic nitrogens is 1. The number of thioether (sulfide) groups is 1. The maximum atomic E-state index is 12.7. The topological polar surface area (TPSA) is 74.3 Å². The summed E-state index contributed by atoms with van der Waals surface area (Å²) in [7, 11) is 1.76. The van der Waals surface area contributed by atoms with Gasteiger partial charge in [-0.05, 0) is 56.6 Å². The maximum Gasteiger partial charge on any atom is 0.241 e. The number of amides is 2. The molecule has 0 saturated heterocycles. The summed E-state index contributed by atoms with van der Waals surface area (Å²) in [6.45, 7) is 1.89. The number of hydrogen-bond acceptors (Lipinski definition) is 5. The van der Waals surface area contributed by atoms with Crippen LogP contribution in [-0.2, 0) is 9.59 Å². The molecule has 0 saturated carbocycles. The molecule has 2 amide bonds. The van der Waals surface area contributed by atoms with Crippen LogP contribution in [0.25, 0.3) is 10.9 Å². The van der Waals surface area contributed by atoms with Crippen molar-refractivity contribution in [1.29, 1.82) is 0 Å². The fourth-order valence-corrected chi connectivity index (χ4v) is 3.50. The molecule has 6 nitrogen and oxygen atoms in total. The average Bonchev–Trinajstić information content (AvgIpc) is 2.73. The highest BCUT2D eigenvalue weighted by Gasteiger charge is 2.21. The summed E-state index contributed by atoms with van der Waals surface area (Å²) < 4.78 is 0. The van der Waals surface area contributed by atoms with E-state index < -0.39 is 6.04 Å². The summed E-state index contributed by atoms with van der Waals surface area (Å²) in [6.07, 6.45) is 3.68. The van der Waals surface area contributed by atoms with E-state index in [-0.39, 0.29) is 18.4 Å². The number of hydrogen-bond donors (Lipinski definition) is 2. The van der Waals surface area contributed by atoms with Crippen molar-refractivity contribution < 1.29 is 9.59 Å². The third-order valence-corrected chi connectivity index (χ3v) is 5.51. The number of likely N-dealkylation sites (N-methyl/N-ethyl adjacent to an activating group) is 1. The number of fused-ring (bicyclic) bond motifs is 1. The third kappa shape index (κ3) is 5.13. The van der Waals surface area contributed by atoms with Gasteiger partial charge in [0.2, 0.25) is 11.8 Å². The zero-order valence-corrected chi connectivity index (χ0v) is 17.5. The van der Waals surface area contributed by atoms with E-state index in [9.17, 15) is 9.59 Å². The molecule has 1 aromatic heterocycles. The molecule has 0 aliphatic rings. The van der Waals surface area contributed by atoms with Crippen LogP contribution in [-0.4, -0.2) is 47.6 Å². The van der Waals surface area contributed by atoms with Crippen LogP contribution < -0.4 is 10.6 Å². The fraction of sp³-hybridized carbons (Fsp3) is 0.227. The van der Waals surface area contributed by atoms with Gasteiger partial charge in [-0.2, -0.15) is 0 Å². The number of nitrogens with one attached hydrogen (secondary N) is 2. The van der Waals surface area contributed by atoms with E-state index in [2.05, 4.69) is 15.6 Å². The first-order chi connectivity index (χ1) is 14.0. The first-order valence-electron chi connectivity index (χ1n) is 9.27. The molecule has 3 rings (SSSR count). The lowest BCUT2D eigenvalue weighted by molar-refractivity contribution is -0.122. The van der Waals surface area contributed by atoms with Crippen molar-refractivity contribution in [3.63, 3.8) is 0 Å². The molecule has 150 valence electrons. The maximum absolute atomic E-state index is 12.7. The number of anilines is 2. The van der Waals surface area contributed by atoms with Crippen LogP contribution in [0.3, 0.4) is 0 Å². The Morgan fingerprint density at radius 2 is 1.79 bits per heavy atom. The molecule has 0 aliphatic carbocycles. The van der Waals surface area contributed by atoms with Gasteiger partial charge in [-0.25, -0.2) is 0 Å². The van der Waals surface area contributed by atoms with Crippen LogP contribution in [0.4, 0.5) is 11.4 Å². The molecule has 0 fully saturated rings. The van der Waals surface area contributed by atoms with Gasteiger partial charge >= 0.3 is 0 Å². The number of rotatable bonds is 7. The van der Waals surface area contributed by atoms with Crippen LogP contribution in [0.5, 0.6) is 0 Å². The lowest BCUT2D eigenvalue weighted by atomic mass is 10.1. The molecule has 1 atom stereocenters. The summed E-state index contributed by atoms with van der Waals surface area (Å²) >= 11 is 1.57. The Balaban J connectivity index is 1.62. The van der Waals surface area contributed by atoms with Gasteiger partial charge < -0.3 is 10.6 Å². The highest BCUT2D eigenvalue weighted by Crippen LogP contribution is 2.24. The Morgan fingerprint density at radius 1 is 1.03 bits per heavy atom. The minimum Gasteiger partial charge on any atom is -0.324 e. The Hall–Kier alpha value is -2.90. The highest BCUT2D eigenvalue weighted by molar-refractivity contribution is 7.98. The summed E-state index contributed by atoms with van der Waals surface area (Å²) in [4.78, 5) is 32.2. The van der Waals surface area contributed by atoms with Crippen LogP contribution in [0.2, 0.25) is 0 Å². The molecule has 1 unspecified atom stereocenters. The average molecular weight is 409 g/mol. The summed E-state index contributed by atoms with van der Waals surface area (Å²) in [5, 5.41) is 6.75. The molecule has 2 aromatic carbocycles. The summed E-state index contributed by atoms with van der Waals surface area (Å²) in [5.74, 6) is -0.343. The second-order valence-electron chi connectivity index (χ2n) is 6.70. The van der Waals surface area contributed by atoms with E-state index in [4.69, 9.17) is 0 Å². The lowest BCUT2D eigenvalue weighted by Crippen LogP contribution is -2.43. The van der Waals surface area contributed by atoms with E-state index >= 15 is 0 Å². The fourth-order valence-electron chi connectivity index (χ4n) is 2.95. The number of benzene rings is 2. The van der Waals surface area contributed by atoms with Crippen molar-refractivity contribution in [3.8, 4) is 0 Å². The van der Waals surface area contributed by atoms with E-state index in [1.165, 1.54) is 0 Å². The quantitative estimate of drug-likeness (QED) is 0.581. The van der Waals surface area contributed by atoms with Gasteiger partial charge in [-0.3, -0.25) is 19.5 Å². The number of para-hydroxylation sites is 1. The molecule has 0 spiro atoms. The molecule has 3 aromatic rings. The predicted molar refractivity (Wildman–Crippen MR) is 119 cm³/mol. The largest absolute Gasteiger partial charge is 0.324 e. The van der Waals surface area contributed by atoms with Crippen molar-refractivity contribution in [1.82, 2.24) is 9.88 Å². The van der Waals surface area contributed by atoms with E-state index in [0.29, 0.717) is 5.69 Å². The third-order valence-electron chi connectivity index (χ3n) is 4.72.